The van der Waals surface area contributed by atoms with Crippen LogP contribution >= 0.6 is 12.2 Å². The summed E-state index contributed by atoms with van der Waals surface area (Å²) in [5.41, 5.74) is 4.74. The maximum absolute atomic E-state index is 12.1. The Kier molecular flexibility index (Phi) is 6.64. The van der Waals surface area contributed by atoms with E-state index in [2.05, 4.69) is 5.32 Å². The van der Waals surface area contributed by atoms with Crippen LogP contribution in [-0.2, 0) is 9.53 Å². The molecule has 1 amide bonds. The summed E-state index contributed by atoms with van der Waals surface area (Å²) in [6, 6.07) is -0.0175. The summed E-state index contributed by atoms with van der Waals surface area (Å²) in [4.78, 5) is 12.3. The van der Waals surface area contributed by atoms with Gasteiger partial charge in [-0.05, 0) is 26.7 Å². The fourth-order valence-electron chi connectivity index (χ4n) is 1.11. The lowest BCUT2D eigenvalue weighted by Gasteiger charge is -2.28. The van der Waals surface area contributed by atoms with Crippen molar-refractivity contribution in [1.29, 1.82) is 0 Å². The standard InChI is InChI=1S/C12H24N2O2S/c1-6-16-7-9(8(2)3)14-11(15)12(4,5)10(13)17/h8-9H,6-7H2,1-5H3,(H2,13,17)(H,14,15). The highest BCUT2D eigenvalue weighted by atomic mass is 32.1. The Hall–Kier alpha value is -0.680. The molecule has 17 heavy (non-hydrogen) atoms. The molecule has 0 fully saturated rings. The molecule has 0 heterocycles. The SMILES string of the molecule is CCOCC(NC(=O)C(C)(C)C(N)=S)C(C)C. The summed E-state index contributed by atoms with van der Waals surface area (Å²) in [6.07, 6.45) is 0. The first-order valence-electron chi connectivity index (χ1n) is 5.92. The largest absolute Gasteiger partial charge is 0.392 e. The van der Waals surface area contributed by atoms with E-state index in [0.717, 1.165) is 0 Å². The molecule has 0 bridgehead atoms. The third kappa shape index (κ3) is 5.00. The van der Waals surface area contributed by atoms with Crippen molar-refractivity contribution in [2.45, 2.75) is 40.7 Å². The van der Waals surface area contributed by atoms with Gasteiger partial charge in [-0.25, -0.2) is 0 Å². The van der Waals surface area contributed by atoms with Gasteiger partial charge >= 0.3 is 0 Å². The van der Waals surface area contributed by atoms with Gasteiger partial charge in [-0.3, -0.25) is 4.79 Å². The summed E-state index contributed by atoms with van der Waals surface area (Å²) in [5, 5.41) is 2.94. The van der Waals surface area contributed by atoms with Crippen LogP contribution < -0.4 is 11.1 Å². The van der Waals surface area contributed by atoms with Crippen LogP contribution in [0, 0.1) is 11.3 Å². The molecule has 1 atom stereocenters. The van der Waals surface area contributed by atoms with Crippen molar-refractivity contribution < 1.29 is 9.53 Å². The lowest BCUT2D eigenvalue weighted by molar-refractivity contribution is -0.127. The van der Waals surface area contributed by atoms with Crippen LogP contribution in [0.3, 0.4) is 0 Å². The molecule has 0 aliphatic heterocycles. The second-order valence-corrected chi connectivity index (χ2v) is 5.41. The molecule has 5 heteroatoms. The number of nitrogens with two attached hydrogens (primary N) is 1. The first-order chi connectivity index (χ1) is 7.73. The second kappa shape index (κ2) is 6.91. The molecule has 0 saturated carbocycles. The Morgan fingerprint density at radius 1 is 1.47 bits per heavy atom. The Balaban J connectivity index is 4.55. The minimum Gasteiger partial charge on any atom is -0.392 e. The molecule has 0 aliphatic carbocycles. The molecular formula is C12H24N2O2S. The summed E-state index contributed by atoms with van der Waals surface area (Å²) < 4.78 is 5.35. The molecule has 4 nitrogen and oxygen atoms in total. The predicted octanol–water partition coefficient (Wildman–Crippen LogP) is 1.48. The molecule has 3 N–H and O–H groups in total. The highest BCUT2D eigenvalue weighted by Gasteiger charge is 2.32. The Morgan fingerprint density at radius 2 is 2.00 bits per heavy atom. The Labute approximate surface area is 109 Å². The number of thiocarbonyl (C=S) groups is 1. The second-order valence-electron chi connectivity index (χ2n) is 4.97. The average molecular weight is 260 g/mol. The number of hydrogen-bond acceptors (Lipinski definition) is 3. The maximum atomic E-state index is 12.1. The molecular weight excluding hydrogens is 236 g/mol. The molecule has 0 radical (unpaired) electrons. The fraction of sp³-hybridized carbons (Fsp3) is 0.833. The zero-order valence-electron chi connectivity index (χ0n) is 11.4. The number of hydrogen-bond donors (Lipinski definition) is 2. The van der Waals surface area contributed by atoms with Gasteiger partial charge in [-0.15, -0.1) is 0 Å². The van der Waals surface area contributed by atoms with Gasteiger partial charge in [0, 0.05) is 6.61 Å². The predicted molar refractivity (Wildman–Crippen MR) is 73.8 cm³/mol. The molecule has 0 aromatic rings. The molecule has 1 unspecified atom stereocenters. The molecule has 100 valence electrons. The number of nitrogens with one attached hydrogen (secondary N) is 1. The highest BCUT2D eigenvalue weighted by Crippen LogP contribution is 2.16. The number of rotatable bonds is 7. The van der Waals surface area contributed by atoms with E-state index >= 15 is 0 Å². The van der Waals surface area contributed by atoms with E-state index in [1.54, 1.807) is 13.8 Å². The minimum atomic E-state index is -0.825. The quantitative estimate of drug-likeness (QED) is 0.681. The van der Waals surface area contributed by atoms with Gasteiger partial charge in [0.05, 0.1) is 23.1 Å². The minimum absolute atomic E-state index is 0.0175. The summed E-state index contributed by atoms with van der Waals surface area (Å²) in [5.74, 6) is 0.149. The van der Waals surface area contributed by atoms with Crippen molar-refractivity contribution >= 4 is 23.1 Å². The first-order valence-corrected chi connectivity index (χ1v) is 6.32. The van der Waals surface area contributed by atoms with Gasteiger partial charge in [0.15, 0.2) is 0 Å². The molecule has 0 spiro atoms. The summed E-state index contributed by atoms with van der Waals surface area (Å²) in [7, 11) is 0. The van der Waals surface area contributed by atoms with Gasteiger partial charge in [-0.2, -0.15) is 0 Å². The molecule has 0 aliphatic rings. The van der Waals surface area contributed by atoms with E-state index in [1.165, 1.54) is 0 Å². The zero-order valence-corrected chi connectivity index (χ0v) is 12.2. The van der Waals surface area contributed by atoms with E-state index in [4.69, 9.17) is 22.7 Å². The number of carbonyl (C=O) groups is 1. The summed E-state index contributed by atoms with van der Waals surface area (Å²) in [6.45, 7) is 10.6. The average Bonchev–Trinajstić information content (AvgIpc) is 2.22. The van der Waals surface area contributed by atoms with Gasteiger partial charge in [0.25, 0.3) is 0 Å². The molecule has 0 rings (SSSR count). The number of carbonyl (C=O) groups excluding carboxylic acids is 1. The molecule has 0 aromatic heterocycles. The maximum Gasteiger partial charge on any atom is 0.232 e. The van der Waals surface area contributed by atoms with Gasteiger partial charge in [0.2, 0.25) is 5.91 Å². The Morgan fingerprint density at radius 3 is 2.35 bits per heavy atom. The summed E-state index contributed by atoms with van der Waals surface area (Å²) >= 11 is 4.90. The van der Waals surface area contributed by atoms with Gasteiger partial charge in [0.1, 0.15) is 0 Å². The Bertz CT molecular complexity index is 278. The normalized spacial score (nSPS) is 13.5. The number of ether oxygens (including phenoxy) is 1. The lowest BCUT2D eigenvalue weighted by atomic mass is 9.91. The van der Waals surface area contributed by atoms with Crippen molar-refractivity contribution in [3.8, 4) is 0 Å². The lowest BCUT2D eigenvalue weighted by Crippen LogP contribution is -2.51. The van der Waals surface area contributed by atoms with Crippen LogP contribution in [-0.4, -0.2) is 30.2 Å². The smallest absolute Gasteiger partial charge is 0.232 e. The van der Waals surface area contributed by atoms with Crippen LogP contribution in [0.2, 0.25) is 0 Å². The van der Waals surface area contributed by atoms with E-state index in [9.17, 15) is 4.79 Å². The number of amides is 1. The van der Waals surface area contributed by atoms with Crippen molar-refractivity contribution in [3.05, 3.63) is 0 Å². The van der Waals surface area contributed by atoms with E-state index in [-0.39, 0.29) is 16.9 Å². The van der Waals surface area contributed by atoms with E-state index < -0.39 is 5.41 Å². The molecule has 0 aromatic carbocycles. The third-order valence-electron chi connectivity index (χ3n) is 2.81. The van der Waals surface area contributed by atoms with Crippen LogP contribution in [0.15, 0.2) is 0 Å². The first kappa shape index (κ1) is 16.3. The van der Waals surface area contributed by atoms with Gasteiger partial charge < -0.3 is 15.8 Å². The fourth-order valence-corrected chi connectivity index (χ4v) is 1.20. The third-order valence-corrected chi connectivity index (χ3v) is 3.32. The molecule has 0 saturated heterocycles. The van der Waals surface area contributed by atoms with Crippen molar-refractivity contribution in [2.75, 3.05) is 13.2 Å². The van der Waals surface area contributed by atoms with Crippen LogP contribution in [0.5, 0.6) is 0 Å². The van der Waals surface area contributed by atoms with Crippen molar-refractivity contribution in [2.24, 2.45) is 17.1 Å². The van der Waals surface area contributed by atoms with Crippen LogP contribution in [0.25, 0.3) is 0 Å². The van der Waals surface area contributed by atoms with Crippen molar-refractivity contribution in [3.63, 3.8) is 0 Å². The van der Waals surface area contributed by atoms with Crippen molar-refractivity contribution in [1.82, 2.24) is 5.32 Å². The van der Waals surface area contributed by atoms with Gasteiger partial charge in [-0.1, -0.05) is 26.1 Å². The van der Waals surface area contributed by atoms with Crippen LogP contribution in [0.4, 0.5) is 0 Å². The van der Waals surface area contributed by atoms with E-state index in [0.29, 0.717) is 19.1 Å². The van der Waals surface area contributed by atoms with E-state index in [1.807, 2.05) is 20.8 Å². The zero-order chi connectivity index (χ0) is 13.6. The highest BCUT2D eigenvalue weighted by molar-refractivity contribution is 7.80. The monoisotopic (exact) mass is 260 g/mol. The van der Waals surface area contributed by atoms with Crippen LogP contribution in [0.1, 0.15) is 34.6 Å². The topological polar surface area (TPSA) is 64.3 Å².